The van der Waals surface area contributed by atoms with Gasteiger partial charge in [0.2, 0.25) is 12.2 Å². The van der Waals surface area contributed by atoms with Gasteiger partial charge in [-0.25, -0.2) is 0 Å². The summed E-state index contributed by atoms with van der Waals surface area (Å²) in [6.07, 6.45) is 2.28. The minimum Gasteiger partial charge on any atom is -0.497 e. The zero-order chi connectivity index (χ0) is 26.4. The summed E-state index contributed by atoms with van der Waals surface area (Å²) >= 11 is 0. The van der Waals surface area contributed by atoms with Crippen LogP contribution in [0.4, 0.5) is 0 Å². The predicted molar refractivity (Wildman–Crippen MR) is 144 cm³/mol. The molecule has 7 heteroatoms. The normalized spacial score (nSPS) is 14.8. The lowest BCUT2D eigenvalue weighted by Crippen LogP contribution is -2.36. The smallest absolute Gasteiger partial charge is 0.210 e. The first-order valence-electron chi connectivity index (χ1n) is 12.4. The van der Waals surface area contributed by atoms with E-state index in [0.717, 1.165) is 41.0 Å². The minimum absolute atomic E-state index is 0.202. The molecule has 0 radical (unpaired) electrons. The van der Waals surface area contributed by atoms with Crippen LogP contribution in [0.2, 0.25) is 0 Å². The van der Waals surface area contributed by atoms with Gasteiger partial charge in [-0.15, -0.1) is 0 Å². The second-order valence-corrected chi connectivity index (χ2v) is 9.52. The van der Waals surface area contributed by atoms with E-state index in [1.54, 1.807) is 21.3 Å². The third kappa shape index (κ3) is 6.00. The Bertz CT molecular complexity index is 1190. The molecule has 0 saturated heterocycles. The first kappa shape index (κ1) is 26.4. The fourth-order valence-electron chi connectivity index (χ4n) is 4.91. The molecule has 0 aliphatic carbocycles. The molecule has 37 heavy (non-hydrogen) atoms. The third-order valence-corrected chi connectivity index (χ3v) is 6.75. The molecule has 1 amide bonds. The molecule has 0 bridgehead atoms. The van der Waals surface area contributed by atoms with E-state index in [9.17, 15) is 4.79 Å². The van der Waals surface area contributed by atoms with Crippen molar-refractivity contribution in [1.82, 2.24) is 9.80 Å². The van der Waals surface area contributed by atoms with Crippen molar-refractivity contribution in [2.45, 2.75) is 32.0 Å². The van der Waals surface area contributed by atoms with Crippen LogP contribution < -0.4 is 18.9 Å². The SMILES string of the molecule is COc1ccc(CC2c3c(cc(OC)c(OC)c3OCc3ccc(CN(C)C)cc3)CCN2C=O)cc1. The van der Waals surface area contributed by atoms with Gasteiger partial charge in [-0.05, 0) is 67.4 Å². The number of amides is 1. The van der Waals surface area contributed by atoms with E-state index in [-0.39, 0.29) is 6.04 Å². The standard InChI is InChI=1S/C30H36N2O5/c1-31(2)18-22-6-8-23(9-7-22)19-37-30-28-24(17-27(35-4)29(30)36-5)14-15-32(20-33)26(28)16-21-10-12-25(34-3)13-11-21/h6-13,17,20,26H,14-16,18-19H2,1-5H3. The van der Waals surface area contributed by atoms with Crippen LogP contribution >= 0.6 is 0 Å². The van der Waals surface area contributed by atoms with Crippen molar-refractivity contribution in [3.05, 3.63) is 82.4 Å². The van der Waals surface area contributed by atoms with Crippen molar-refractivity contribution in [2.75, 3.05) is 42.0 Å². The molecule has 0 N–H and O–H groups in total. The second kappa shape index (κ2) is 12.0. The highest BCUT2D eigenvalue weighted by molar-refractivity contribution is 5.63. The fraction of sp³-hybridized carbons (Fsp3) is 0.367. The molecule has 7 nitrogen and oxygen atoms in total. The van der Waals surface area contributed by atoms with Crippen LogP contribution in [0, 0.1) is 0 Å². The predicted octanol–water partition coefficient (Wildman–Crippen LogP) is 4.65. The maximum Gasteiger partial charge on any atom is 0.210 e. The van der Waals surface area contributed by atoms with E-state index in [1.807, 2.05) is 35.2 Å². The first-order valence-corrected chi connectivity index (χ1v) is 12.4. The number of nitrogens with zero attached hydrogens (tertiary/aromatic N) is 2. The van der Waals surface area contributed by atoms with Crippen LogP contribution in [-0.2, 0) is 30.8 Å². The van der Waals surface area contributed by atoms with Crippen molar-refractivity contribution >= 4 is 6.41 Å². The zero-order valence-corrected chi connectivity index (χ0v) is 22.3. The highest BCUT2D eigenvalue weighted by atomic mass is 16.5. The van der Waals surface area contributed by atoms with Crippen molar-refractivity contribution in [3.63, 3.8) is 0 Å². The molecule has 0 saturated carbocycles. The number of benzene rings is 3. The summed E-state index contributed by atoms with van der Waals surface area (Å²) < 4.78 is 23.3. The summed E-state index contributed by atoms with van der Waals surface area (Å²) in [4.78, 5) is 16.1. The van der Waals surface area contributed by atoms with Gasteiger partial charge in [0.1, 0.15) is 12.4 Å². The van der Waals surface area contributed by atoms with Gasteiger partial charge >= 0.3 is 0 Å². The van der Waals surface area contributed by atoms with Crippen LogP contribution in [0.15, 0.2) is 54.6 Å². The molecule has 1 aliphatic heterocycles. The van der Waals surface area contributed by atoms with Gasteiger partial charge in [-0.1, -0.05) is 36.4 Å². The van der Waals surface area contributed by atoms with Crippen LogP contribution in [-0.4, -0.2) is 58.2 Å². The van der Waals surface area contributed by atoms with Crippen molar-refractivity contribution in [3.8, 4) is 23.0 Å². The van der Waals surface area contributed by atoms with Crippen molar-refractivity contribution in [1.29, 1.82) is 0 Å². The topological polar surface area (TPSA) is 60.5 Å². The van der Waals surface area contributed by atoms with Crippen LogP contribution in [0.25, 0.3) is 0 Å². The number of methoxy groups -OCH3 is 3. The Morgan fingerprint density at radius 2 is 1.57 bits per heavy atom. The molecule has 0 spiro atoms. The first-order chi connectivity index (χ1) is 18.0. The lowest BCUT2D eigenvalue weighted by atomic mass is 9.87. The molecular formula is C30H36N2O5. The van der Waals surface area contributed by atoms with E-state index in [2.05, 4.69) is 43.3 Å². The lowest BCUT2D eigenvalue weighted by Gasteiger charge is -2.37. The van der Waals surface area contributed by atoms with Gasteiger partial charge in [0.05, 0.1) is 27.4 Å². The van der Waals surface area contributed by atoms with Gasteiger partial charge in [0.15, 0.2) is 11.5 Å². The molecule has 1 heterocycles. The van der Waals surface area contributed by atoms with E-state index in [1.165, 1.54) is 5.56 Å². The van der Waals surface area contributed by atoms with Crippen molar-refractivity contribution in [2.24, 2.45) is 0 Å². The maximum atomic E-state index is 12.2. The Balaban J connectivity index is 1.71. The number of carbonyl (C=O) groups excluding carboxylic acids is 1. The van der Waals surface area contributed by atoms with Gasteiger partial charge in [0, 0.05) is 18.7 Å². The number of carbonyl (C=O) groups is 1. The fourth-order valence-corrected chi connectivity index (χ4v) is 4.91. The number of fused-ring (bicyclic) bond motifs is 1. The summed E-state index contributed by atoms with van der Waals surface area (Å²) in [5.74, 6) is 2.59. The Hall–Kier alpha value is -3.71. The number of rotatable bonds is 11. The molecule has 3 aromatic carbocycles. The molecule has 1 aliphatic rings. The van der Waals surface area contributed by atoms with Crippen LogP contribution in [0.5, 0.6) is 23.0 Å². The molecule has 1 unspecified atom stereocenters. The average Bonchev–Trinajstić information content (AvgIpc) is 2.92. The number of ether oxygens (including phenoxy) is 4. The van der Waals surface area contributed by atoms with E-state index < -0.39 is 0 Å². The van der Waals surface area contributed by atoms with Gasteiger partial charge in [-0.3, -0.25) is 4.79 Å². The summed E-state index contributed by atoms with van der Waals surface area (Å²) in [6.45, 7) is 1.88. The average molecular weight is 505 g/mol. The molecular weight excluding hydrogens is 468 g/mol. The second-order valence-electron chi connectivity index (χ2n) is 9.52. The molecule has 3 aromatic rings. The number of hydrogen-bond acceptors (Lipinski definition) is 6. The van der Waals surface area contributed by atoms with E-state index in [4.69, 9.17) is 18.9 Å². The lowest BCUT2D eigenvalue weighted by molar-refractivity contribution is -0.120. The van der Waals surface area contributed by atoms with Gasteiger partial charge in [0.25, 0.3) is 0 Å². The highest BCUT2D eigenvalue weighted by Crippen LogP contribution is 2.48. The van der Waals surface area contributed by atoms with Crippen LogP contribution in [0.1, 0.15) is 33.9 Å². The van der Waals surface area contributed by atoms with E-state index >= 15 is 0 Å². The monoisotopic (exact) mass is 504 g/mol. The van der Waals surface area contributed by atoms with E-state index in [0.29, 0.717) is 43.2 Å². The summed E-state index contributed by atoms with van der Waals surface area (Å²) in [5.41, 5.74) is 5.46. The zero-order valence-electron chi connectivity index (χ0n) is 22.3. The summed E-state index contributed by atoms with van der Waals surface area (Å²) in [7, 11) is 9.01. The van der Waals surface area contributed by atoms with Crippen LogP contribution in [0.3, 0.4) is 0 Å². The van der Waals surface area contributed by atoms with Gasteiger partial charge < -0.3 is 28.7 Å². The van der Waals surface area contributed by atoms with Crippen molar-refractivity contribution < 1.29 is 23.7 Å². The number of hydrogen-bond donors (Lipinski definition) is 0. The molecule has 1 atom stereocenters. The maximum absolute atomic E-state index is 12.2. The Labute approximate surface area is 219 Å². The highest BCUT2D eigenvalue weighted by Gasteiger charge is 2.33. The molecule has 4 rings (SSSR count). The summed E-state index contributed by atoms with van der Waals surface area (Å²) in [6, 6.07) is 18.2. The minimum atomic E-state index is -0.202. The third-order valence-electron chi connectivity index (χ3n) is 6.75. The Kier molecular flexibility index (Phi) is 8.56. The Morgan fingerprint density at radius 3 is 2.16 bits per heavy atom. The van der Waals surface area contributed by atoms with Gasteiger partial charge in [-0.2, -0.15) is 0 Å². The summed E-state index contributed by atoms with van der Waals surface area (Å²) in [5, 5.41) is 0. The largest absolute Gasteiger partial charge is 0.497 e. The molecule has 0 aromatic heterocycles. The Morgan fingerprint density at radius 1 is 0.892 bits per heavy atom. The molecule has 0 fully saturated rings. The molecule has 196 valence electrons. The quantitative estimate of drug-likeness (QED) is 0.354.